The minimum Gasteiger partial charge on any atom is -0.469 e. The third kappa shape index (κ3) is 4.85. The molecule has 1 fully saturated rings. The maximum atomic E-state index is 11.4. The SMILES string of the molecule is COC(=O)Cc1ccccc1COC1CCC(C)(C)CC1. The molecule has 0 spiro atoms. The van der Waals surface area contributed by atoms with E-state index in [9.17, 15) is 4.79 Å². The standard InChI is InChI=1S/C18H26O3/c1-18(2)10-8-16(9-11-18)21-13-15-7-5-4-6-14(15)12-17(19)20-3/h4-7,16H,8-13H2,1-3H3. The molecule has 2 rings (SSSR count). The van der Waals surface area contributed by atoms with Gasteiger partial charge in [-0.25, -0.2) is 0 Å². The topological polar surface area (TPSA) is 35.5 Å². The van der Waals surface area contributed by atoms with Crippen LogP contribution in [0, 0.1) is 5.41 Å². The van der Waals surface area contributed by atoms with Crippen LogP contribution in [0.1, 0.15) is 50.7 Å². The first kappa shape index (κ1) is 16.0. The van der Waals surface area contributed by atoms with Crippen LogP contribution >= 0.6 is 0 Å². The molecule has 1 aromatic rings. The van der Waals surface area contributed by atoms with E-state index in [0.717, 1.165) is 24.0 Å². The number of hydrogen-bond acceptors (Lipinski definition) is 3. The lowest BCUT2D eigenvalue weighted by Crippen LogP contribution is -2.26. The molecular formula is C18H26O3. The largest absolute Gasteiger partial charge is 0.469 e. The second kappa shape index (κ2) is 7.08. The fraction of sp³-hybridized carbons (Fsp3) is 0.611. The zero-order valence-electron chi connectivity index (χ0n) is 13.4. The van der Waals surface area contributed by atoms with Crippen molar-refractivity contribution in [1.29, 1.82) is 0 Å². The highest BCUT2D eigenvalue weighted by Gasteiger charge is 2.27. The number of carbonyl (C=O) groups excluding carboxylic acids is 1. The molecule has 0 saturated heterocycles. The predicted molar refractivity (Wildman–Crippen MR) is 83.0 cm³/mol. The smallest absolute Gasteiger partial charge is 0.309 e. The number of hydrogen-bond donors (Lipinski definition) is 0. The average molecular weight is 290 g/mol. The van der Waals surface area contributed by atoms with Gasteiger partial charge in [0.25, 0.3) is 0 Å². The van der Waals surface area contributed by atoms with Gasteiger partial charge in [0.15, 0.2) is 0 Å². The van der Waals surface area contributed by atoms with E-state index in [2.05, 4.69) is 13.8 Å². The molecule has 0 unspecified atom stereocenters. The van der Waals surface area contributed by atoms with Crippen molar-refractivity contribution in [2.75, 3.05) is 7.11 Å². The average Bonchev–Trinajstić information content (AvgIpc) is 2.47. The van der Waals surface area contributed by atoms with Crippen molar-refractivity contribution in [3.05, 3.63) is 35.4 Å². The Balaban J connectivity index is 1.90. The summed E-state index contributed by atoms with van der Waals surface area (Å²) in [5.74, 6) is -0.207. The molecule has 0 N–H and O–H groups in total. The molecular weight excluding hydrogens is 264 g/mol. The predicted octanol–water partition coefficient (Wildman–Crippen LogP) is 3.89. The van der Waals surface area contributed by atoms with Gasteiger partial charge in [-0.15, -0.1) is 0 Å². The summed E-state index contributed by atoms with van der Waals surface area (Å²) in [6.07, 6.45) is 5.37. The quantitative estimate of drug-likeness (QED) is 0.772. The first-order valence-electron chi connectivity index (χ1n) is 7.75. The van der Waals surface area contributed by atoms with E-state index in [4.69, 9.17) is 9.47 Å². The first-order valence-corrected chi connectivity index (χ1v) is 7.75. The van der Waals surface area contributed by atoms with Crippen molar-refractivity contribution < 1.29 is 14.3 Å². The van der Waals surface area contributed by atoms with Gasteiger partial charge in [0.05, 0.1) is 26.2 Å². The van der Waals surface area contributed by atoms with Gasteiger partial charge in [-0.3, -0.25) is 4.79 Å². The number of esters is 1. The number of carbonyl (C=O) groups is 1. The molecule has 1 aromatic carbocycles. The molecule has 116 valence electrons. The Bertz CT molecular complexity index is 469. The number of ether oxygens (including phenoxy) is 2. The summed E-state index contributed by atoms with van der Waals surface area (Å²) < 4.78 is 10.8. The second-order valence-electron chi connectivity index (χ2n) is 6.70. The lowest BCUT2D eigenvalue weighted by atomic mass is 9.76. The van der Waals surface area contributed by atoms with Gasteiger partial charge in [-0.05, 0) is 42.2 Å². The van der Waals surface area contributed by atoms with Crippen molar-refractivity contribution in [1.82, 2.24) is 0 Å². The highest BCUT2D eigenvalue weighted by molar-refractivity contribution is 5.72. The van der Waals surface area contributed by atoms with Crippen molar-refractivity contribution in [2.45, 2.75) is 58.7 Å². The summed E-state index contributed by atoms with van der Waals surface area (Å²) in [4.78, 5) is 11.4. The van der Waals surface area contributed by atoms with Crippen LogP contribution in [0.3, 0.4) is 0 Å². The molecule has 0 aliphatic heterocycles. The summed E-state index contributed by atoms with van der Waals surface area (Å²) in [7, 11) is 1.42. The summed E-state index contributed by atoms with van der Waals surface area (Å²) in [6, 6.07) is 7.94. The Kier molecular flexibility index (Phi) is 5.40. The molecule has 0 aromatic heterocycles. The van der Waals surface area contributed by atoms with Crippen LogP contribution in [0.5, 0.6) is 0 Å². The Labute approximate surface area is 127 Å². The lowest BCUT2D eigenvalue weighted by molar-refractivity contribution is -0.139. The van der Waals surface area contributed by atoms with Crippen LogP contribution in [0.4, 0.5) is 0 Å². The first-order chi connectivity index (χ1) is 10.00. The Morgan fingerprint density at radius 3 is 2.43 bits per heavy atom. The van der Waals surface area contributed by atoms with E-state index in [1.165, 1.54) is 20.0 Å². The third-order valence-corrected chi connectivity index (χ3v) is 4.44. The molecule has 1 aliphatic carbocycles. The van der Waals surface area contributed by atoms with E-state index in [-0.39, 0.29) is 5.97 Å². The van der Waals surface area contributed by atoms with E-state index in [1.807, 2.05) is 24.3 Å². The van der Waals surface area contributed by atoms with E-state index in [0.29, 0.717) is 24.5 Å². The van der Waals surface area contributed by atoms with Crippen LogP contribution in [-0.2, 0) is 27.3 Å². The van der Waals surface area contributed by atoms with Gasteiger partial charge in [0.2, 0.25) is 0 Å². The normalized spacial score (nSPS) is 18.4. The van der Waals surface area contributed by atoms with Crippen molar-refractivity contribution in [3.63, 3.8) is 0 Å². The number of benzene rings is 1. The fourth-order valence-corrected chi connectivity index (χ4v) is 2.85. The molecule has 0 heterocycles. The summed E-state index contributed by atoms with van der Waals surface area (Å²) in [5, 5.41) is 0. The monoisotopic (exact) mass is 290 g/mol. The van der Waals surface area contributed by atoms with Gasteiger partial charge in [-0.1, -0.05) is 38.1 Å². The zero-order valence-corrected chi connectivity index (χ0v) is 13.4. The van der Waals surface area contributed by atoms with Crippen molar-refractivity contribution in [2.24, 2.45) is 5.41 Å². The molecule has 1 aliphatic rings. The summed E-state index contributed by atoms with van der Waals surface area (Å²) in [5.41, 5.74) is 2.55. The highest BCUT2D eigenvalue weighted by atomic mass is 16.5. The molecule has 0 atom stereocenters. The van der Waals surface area contributed by atoms with Gasteiger partial charge in [0.1, 0.15) is 0 Å². The van der Waals surface area contributed by atoms with Crippen LogP contribution in [-0.4, -0.2) is 19.2 Å². The lowest BCUT2D eigenvalue weighted by Gasteiger charge is -2.34. The zero-order chi connectivity index (χ0) is 15.3. The van der Waals surface area contributed by atoms with Crippen LogP contribution in [0.2, 0.25) is 0 Å². The van der Waals surface area contributed by atoms with Crippen LogP contribution in [0.15, 0.2) is 24.3 Å². The fourth-order valence-electron chi connectivity index (χ4n) is 2.85. The van der Waals surface area contributed by atoms with E-state index < -0.39 is 0 Å². The van der Waals surface area contributed by atoms with Gasteiger partial charge >= 0.3 is 5.97 Å². The summed E-state index contributed by atoms with van der Waals surface area (Å²) >= 11 is 0. The minimum absolute atomic E-state index is 0.207. The third-order valence-electron chi connectivity index (χ3n) is 4.44. The number of rotatable bonds is 5. The highest BCUT2D eigenvalue weighted by Crippen LogP contribution is 2.36. The van der Waals surface area contributed by atoms with Gasteiger partial charge in [-0.2, -0.15) is 0 Å². The minimum atomic E-state index is -0.207. The van der Waals surface area contributed by atoms with Crippen molar-refractivity contribution >= 4 is 5.97 Å². The molecule has 21 heavy (non-hydrogen) atoms. The van der Waals surface area contributed by atoms with Gasteiger partial charge in [0, 0.05) is 0 Å². The molecule has 0 radical (unpaired) electrons. The van der Waals surface area contributed by atoms with Crippen molar-refractivity contribution in [3.8, 4) is 0 Å². The maximum Gasteiger partial charge on any atom is 0.309 e. The maximum absolute atomic E-state index is 11.4. The van der Waals surface area contributed by atoms with Gasteiger partial charge < -0.3 is 9.47 Å². The molecule has 3 nitrogen and oxygen atoms in total. The summed E-state index contributed by atoms with van der Waals surface area (Å²) in [6.45, 7) is 5.24. The number of methoxy groups -OCH3 is 1. The van der Waals surface area contributed by atoms with Crippen LogP contribution < -0.4 is 0 Å². The molecule has 0 bridgehead atoms. The molecule has 3 heteroatoms. The second-order valence-corrected chi connectivity index (χ2v) is 6.70. The molecule has 0 amide bonds. The Morgan fingerprint density at radius 1 is 1.19 bits per heavy atom. The molecule has 1 saturated carbocycles. The Morgan fingerprint density at radius 2 is 1.81 bits per heavy atom. The van der Waals surface area contributed by atoms with E-state index >= 15 is 0 Å². The Hall–Kier alpha value is -1.35. The van der Waals surface area contributed by atoms with E-state index in [1.54, 1.807) is 0 Å². The van der Waals surface area contributed by atoms with Crippen LogP contribution in [0.25, 0.3) is 0 Å².